The summed E-state index contributed by atoms with van der Waals surface area (Å²) in [5, 5.41) is 5.77. The first-order valence-electron chi connectivity index (χ1n) is 12.4. The van der Waals surface area contributed by atoms with Crippen LogP contribution in [0, 0.1) is 5.82 Å². The number of hydrogen-bond acceptors (Lipinski definition) is 6. The van der Waals surface area contributed by atoms with Gasteiger partial charge in [0.05, 0.1) is 30.2 Å². The van der Waals surface area contributed by atoms with E-state index >= 15 is 0 Å². The van der Waals surface area contributed by atoms with Crippen molar-refractivity contribution in [1.29, 1.82) is 0 Å². The second-order valence-electron chi connectivity index (χ2n) is 9.71. The highest BCUT2D eigenvalue weighted by Crippen LogP contribution is 2.35. The first-order valence-corrected chi connectivity index (χ1v) is 12.4. The first-order chi connectivity index (χ1) is 17.4. The van der Waals surface area contributed by atoms with E-state index in [2.05, 4.69) is 10.6 Å². The van der Waals surface area contributed by atoms with Crippen LogP contribution in [0.25, 0.3) is 0 Å². The number of Topliss-reactive ketones (excluding diaryl/α,β-unsaturated/α-hetero) is 1. The average Bonchev–Trinajstić information content (AvgIpc) is 3.40. The molecule has 9 nitrogen and oxygen atoms in total. The van der Waals surface area contributed by atoms with Crippen molar-refractivity contribution < 1.29 is 28.0 Å². The monoisotopic (exact) mass is 496 g/mol. The van der Waals surface area contributed by atoms with Gasteiger partial charge in [0.15, 0.2) is 11.5 Å². The van der Waals surface area contributed by atoms with E-state index < -0.39 is 23.3 Å². The van der Waals surface area contributed by atoms with Crippen LogP contribution in [0.3, 0.4) is 0 Å². The highest BCUT2D eigenvalue weighted by molar-refractivity contribution is 6.03. The number of carbonyl (C=O) groups excluding carboxylic acids is 4. The summed E-state index contributed by atoms with van der Waals surface area (Å²) in [7, 11) is 0. The zero-order valence-corrected chi connectivity index (χ0v) is 19.9. The van der Waals surface area contributed by atoms with Crippen LogP contribution >= 0.6 is 0 Å². The van der Waals surface area contributed by atoms with Crippen molar-refractivity contribution in [1.82, 2.24) is 10.6 Å². The van der Waals surface area contributed by atoms with Crippen molar-refractivity contribution in [2.45, 2.75) is 56.5 Å². The molecule has 0 spiro atoms. The normalized spacial score (nSPS) is 21.6. The van der Waals surface area contributed by atoms with E-state index in [1.807, 2.05) is 4.90 Å². The number of halogens is 1. The number of ketones is 1. The fourth-order valence-corrected chi connectivity index (χ4v) is 5.28. The van der Waals surface area contributed by atoms with E-state index in [1.165, 1.54) is 23.3 Å². The van der Waals surface area contributed by atoms with Gasteiger partial charge in [-0.25, -0.2) is 4.39 Å². The fourth-order valence-electron chi connectivity index (χ4n) is 5.28. The summed E-state index contributed by atoms with van der Waals surface area (Å²) in [6, 6.07) is 6.68. The lowest BCUT2D eigenvalue weighted by Crippen LogP contribution is -2.63. The number of amides is 3. The Morgan fingerprint density at radius 1 is 1.06 bits per heavy atom. The third-order valence-electron chi connectivity index (χ3n) is 7.39. The summed E-state index contributed by atoms with van der Waals surface area (Å²) in [4.78, 5) is 54.5. The molecule has 10 heteroatoms. The number of hydrogen-bond donors (Lipinski definition) is 2. The van der Waals surface area contributed by atoms with Gasteiger partial charge in [0.2, 0.25) is 11.8 Å². The number of furan rings is 1. The number of β-lactam (4-membered cyclic amide) rings is 1. The van der Waals surface area contributed by atoms with Gasteiger partial charge in [0, 0.05) is 19.5 Å². The summed E-state index contributed by atoms with van der Waals surface area (Å²) in [6.07, 6.45) is 5.71. The van der Waals surface area contributed by atoms with Gasteiger partial charge in [-0.15, -0.1) is 0 Å². The number of carbonyl (C=O) groups is 4. The van der Waals surface area contributed by atoms with Crippen molar-refractivity contribution in [2.24, 2.45) is 0 Å². The Labute approximate surface area is 208 Å². The molecule has 3 fully saturated rings. The number of benzene rings is 1. The molecule has 1 atom stereocenters. The Hall–Kier alpha value is -3.69. The largest absolute Gasteiger partial charge is 0.459 e. The Morgan fingerprint density at radius 3 is 2.50 bits per heavy atom. The molecule has 2 N–H and O–H groups in total. The predicted molar refractivity (Wildman–Crippen MR) is 129 cm³/mol. The lowest BCUT2D eigenvalue weighted by molar-refractivity contribution is -0.133. The number of nitrogens with zero attached hydrogens (tertiary/aromatic N) is 2. The molecule has 3 aliphatic rings. The molecule has 0 radical (unpaired) electrons. The van der Waals surface area contributed by atoms with Crippen molar-refractivity contribution in [2.75, 3.05) is 29.4 Å². The first kappa shape index (κ1) is 24.0. The van der Waals surface area contributed by atoms with E-state index in [0.29, 0.717) is 50.1 Å². The van der Waals surface area contributed by atoms with E-state index in [9.17, 15) is 23.6 Å². The van der Waals surface area contributed by atoms with Crippen LogP contribution in [-0.2, 0) is 14.4 Å². The van der Waals surface area contributed by atoms with E-state index in [0.717, 1.165) is 19.3 Å². The molecule has 2 aromatic rings. The minimum atomic E-state index is -1.10. The molecule has 36 heavy (non-hydrogen) atoms. The van der Waals surface area contributed by atoms with Gasteiger partial charge >= 0.3 is 0 Å². The van der Waals surface area contributed by atoms with Crippen LogP contribution < -0.4 is 20.4 Å². The third-order valence-corrected chi connectivity index (χ3v) is 7.39. The average molecular weight is 497 g/mol. The van der Waals surface area contributed by atoms with Crippen molar-refractivity contribution in [3.63, 3.8) is 0 Å². The molecule has 2 aliphatic heterocycles. The Balaban J connectivity index is 1.27. The zero-order valence-electron chi connectivity index (χ0n) is 19.9. The van der Waals surface area contributed by atoms with Crippen LogP contribution in [0.15, 0.2) is 41.0 Å². The number of rotatable bonds is 6. The predicted octanol–water partition coefficient (Wildman–Crippen LogP) is 2.55. The lowest BCUT2D eigenvalue weighted by Gasteiger charge is -2.40. The van der Waals surface area contributed by atoms with Gasteiger partial charge in [0.25, 0.3) is 5.91 Å². The van der Waals surface area contributed by atoms with Gasteiger partial charge in [-0.05, 0) is 49.6 Å². The minimum Gasteiger partial charge on any atom is -0.459 e. The Bertz CT molecular complexity index is 1180. The second kappa shape index (κ2) is 9.75. The van der Waals surface area contributed by atoms with Crippen molar-refractivity contribution in [3.05, 3.63) is 48.2 Å². The topological polar surface area (TPSA) is 112 Å². The van der Waals surface area contributed by atoms with Gasteiger partial charge in [0.1, 0.15) is 11.4 Å². The summed E-state index contributed by atoms with van der Waals surface area (Å²) >= 11 is 0. The highest BCUT2D eigenvalue weighted by Gasteiger charge is 2.43. The summed E-state index contributed by atoms with van der Waals surface area (Å²) < 4.78 is 19.1. The third kappa shape index (κ3) is 4.59. The minimum absolute atomic E-state index is 0.0252. The summed E-state index contributed by atoms with van der Waals surface area (Å²) in [5.74, 6) is -1.39. The molecule has 190 valence electrons. The number of anilines is 2. The highest BCUT2D eigenvalue weighted by atomic mass is 19.1. The smallest absolute Gasteiger partial charge is 0.287 e. The molecular weight excluding hydrogens is 467 g/mol. The molecule has 1 aliphatic carbocycles. The van der Waals surface area contributed by atoms with Gasteiger partial charge in [-0.1, -0.05) is 19.3 Å². The molecule has 1 saturated carbocycles. The van der Waals surface area contributed by atoms with Gasteiger partial charge in [-0.2, -0.15) is 0 Å². The molecular formula is C26H29FN4O5. The quantitative estimate of drug-likeness (QED) is 0.595. The van der Waals surface area contributed by atoms with E-state index in [1.54, 1.807) is 18.2 Å². The van der Waals surface area contributed by atoms with Gasteiger partial charge in [-0.3, -0.25) is 19.2 Å². The van der Waals surface area contributed by atoms with Crippen LogP contribution in [0.5, 0.6) is 0 Å². The molecule has 2 saturated heterocycles. The molecule has 1 aromatic heterocycles. The van der Waals surface area contributed by atoms with E-state index in [4.69, 9.17) is 4.42 Å². The number of piperidine rings is 1. The molecule has 1 aromatic carbocycles. The van der Waals surface area contributed by atoms with Crippen LogP contribution in [0.1, 0.15) is 55.5 Å². The lowest BCUT2D eigenvalue weighted by atomic mass is 9.80. The summed E-state index contributed by atoms with van der Waals surface area (Å²) in [6.45, 7) is 0.988. The molecule has 5 rings (SSSR count). The summed E-state index contributed by atoms with van der Waals surface area (Å²) in [5.41, 5.74) is -0.0120. The van der Waals surface area contributed by atoms with Crippen LogP contribution in [0.2, 0.25) is 0 Å². The standard InChI is InChI=1S/C26H29FN4O5/c27-17-6-7-19(20(15-17)31-13-9-23(31)33)30-12-8-18(21(32)16-30)28-25(35)26(10-2-1-3-11-26)29-24(34)22-5-4-14-36-22/h4-7,14-15,18H,1-3,8-13,16H2,(H,28,35)(H,29,34). The maximum Gasteiger partial charge on any atom is 0.287 e. The van der Waals surface area contributed by atoms with Crippen molar-refractivity contribution in [3.8, 4) is 0 Å². The van der Waals surface area contributed by atoms with E-state index in [-0.39, 0.29) is 29.9 Å². The molecule has 3 heterocycles. The van der Waals surface area contributed by atoms with Crippen molar-refractivity contribution >= 4 is 34.9 Å². The molecule has 1 unspecified atom stereocenters. The molecule has 0 bridgehead atoms. The Morgan fingerprint density at radius 2 is 1.86 bits per heavy atom. The maximum atomic E-state index is 13.9. The number of nitrogens with one attached hydrogen (secondary N) is 2. The SMILES string of the molecule is O=C(NC1(C(=O)NC2CCN(c3ccc(F)cc3N3CCC3=O)CC2=O)CCCCC1)c1ccco1. The van der Waals surface area contributed by atoms with Crippen LogP contribution in [-0.4, -0.2) is 54.7 Å². The van der Waals surface area contributed by atoms with Gasteiger partial charge < -0.3 is 24.9 Å². The molecule has 3 amide bonds. The van der Waals surface area contributed by atoms with Crippen LogP contribution in [0.4, 0.5) is 15.8 Å². The fraction of sp³-hybridized carbons (Fsp3) is 0.462. The zero-order chi connectivity index (χ0) is 25.3. The Kier molecular flexibility index (Phi) is 6.51. The second-order valence-corrected chi connectivity index (χ2v) is 9.71. The maximum absolute atomic E-state index is 13.9.